The zero-order chi connectivity index (χ0) is 17.5. The molecule has 2 amide bonds. The highest BCUT2D eigenvalue weighted by Gasteiger charge is 2.42. The second-order valence-corrected chi connectivity index (χ2v) is 6.32. The van der Waals surface area contributed by atoms with Crippen molar-refractivity contribution in [1.82, 2.24) is 5.06 Å². The van der Waals surface area contributed by atoms with Gasteiger partial charge in [0.25, 0.3) is 11.8 Å². The Balaban J connectivity index is 1.84. The molecule has 1 heterocycles. The van der Waals surface area contributed by atoms with Gasteiger partial charge in [0.15, 0.2) is 0 Å². The normalized spacial score (nSPS) is 13.9. The lowest BCUT2D eigenvalue weighted by molar-refractivity contribution is -0.174. The van der Waals surface area contributed by atoms with Crippen LogP contribution in [0.2, 0.25) is 0 Å². The fraction of sp³-hybridized carbons (Fsp3) is 0.211. The van der Waals surface area contributed by atoms with Gasteiger partial charge in [-0.15, -0.1) is 0 Å². The third-order valence-corrected chi connectivity index (χ3v) is 4.21. The van der Waals surface area contributed by atoms with E-state index in [4.69, 9.17) is 4.84 Å². The van der Waals surface area contributed by atoms with E-state index in [2.05, 4.69) is 0 Å². The smallest absolute Gasteiger partial charge is 0.329 e. The predicted molar refractivity (Wildman–Crippen MR) is 87.2 cm³/mol. The van der Waals surface area contributed by atoms with Crippen molar-refractivity contribution in [2.75, 3.05) is 0 Å². The summed E-state index contributed by atoms with van der Waals surface area (Å²) in [4.78, 5) is 42.3. The van der Waals surface area contributed by atoms with E-state index in [1.54, 1.807) is 26.0 Å². The number of rotatable bonds is 3. The van der Waals surface area contributed by atoms with Crippen LogP contribution >= 0.6 is 0 Å². The fourth-order valence-corrected chi connectivity index (χ4v) is 2.54. The van der Waals surface area contributed by atoms with Gasteiger partial charge in [0.2, 0.25) is 0 Å². The Bertz CT molecular complexity index is 802. The Labute approximate surface area is 139 Å². The molecule has 1 aliphatic rings. The average molecular weight is 323 g/mol. The summed E-state index contributed by atoms with van der Waals surface area (Å²) in [6.07, 6.45) is 0. The van der Waals surface area contributed by atoms with Crippen molar-refractivity contribution in [3.05, 3.63) is 70.8 Å². The van der Waals surface area contributed by atoms with Crippen molar-refractivity contribution < 1.29 is 19.2 Å². The molecule has 0 aromatic heterocycles. The molecule has 2 aromatic rings. The molecule has 0 N–H and O–H groups in total. The lowest BCUT2D eigenvalue weighted by atomic mass is 9.84. The van der Waals surface area contributed by atoms with E-state index in [1.165, 1.54) is 12.1 Å². The Hall–Kier alpha value is -2.95. The molecular weight excluding hydrogens is 306 g/mol. The van der Waals surface area contributed by atoms with E-state index in [0.717, 1.165) is 11.1 Å². The van der Waals surface area contributed by atoms with Crippen LogP contribution in [0.1, 0.15) is 45.7 Å². The van der Waals surface area contributed by atoms with Gasteiger partial charge in [0.05, 0.1) is 16.5 Å². The molecule has 0 fully saturated rings. The molecule has 122 valence electrons. The molecule has 5 heteroatoms. The van der Waals surface area contributed by atoms with Crippen LogP contribution in [-0.4, -0.2) is 22.8 Å². The maximum atomic E-state index is 12.6. The molecule has 0 saturated heterocycles. The molecule has 0 spiro atoms. The van der Waals surface area contributed by atoms with Gasteiger partial charge in [0.1, 0.15) is 0 Å². The summed E-state index contributed by atoms with van der Waals surface area (Å²) in [6.45, 7) is 5.34. The van der Waals surface area contributed by atoms with Gasteiger partial charge in [-0.05, 0) is 38.5 Å². The van der Waals surface area contributed by atoms with Crippen molar-refractivity contribution in [3.8, 4) is 0 Å². The largest absolute Gasteiger partial charge is 0.343 e. The molecule has 0 bridgehead atoms. The highest BCUT2D eigenvalue weighted by Crippen LogP contribution is 2.28. The van der Waals surface area contributed by atoms with E-state index in [0.29, 0.717) is 5.06 Å². The van der Waals surface area contributed by atoms with Crippen molar-refractivity contribution >= 4 is 17.8 Å². The minimum atomic E-state index is -0.997. The van der Waals surface area contributed by atoms with Gasteiger partial charge in [-0.2, -0.15) is 0 Å². The van der Waals surface area contributed by atoms with Gasteiger partial charge in [-0.25, -0.2) is 4.79 Å². The predicted octanol–water partition coefficient (Wildman–Crippen LogP) is 3.03. The standard InChI is InChI=1S/C19H17NO4/c1-12-8-10-13(11-9-12)19(2,3)18(23)24-20-16(21)14-6-4-5-7-15(14)17(20)22/h4-11H,1-3H3. The molecule has 0 radical (unpaired) electrons. The Morgan fingerprint density at radius 1 is 0.917 bits per heavy atom. The molecule has 0 atom stereocenters. The topological polar surface area (TPSA) is 63.7 Å². The Morgan fingerprint density at radius 2 is 1.42 bits per heavy atom. The van der Waals surface area contributed by atoms with Gasteiger partial charge in [0, 0.05) is 0 Å². The van der Waals surface area contributed by atoms with E-state index < -0.39 is 23.2 Å². The molecule has 24 heavy (non-hydrogen) atoms. The number of carbonyl (C=O) groups is 3. The summed E-state index contributed by atoms with van der Waals surface area (Å²) in [6, 6.07) is 13.8. The second kappa shape index (κ2) is 5.60. The molecule has 5 nitrogen and oxygen atoms in total. The first kappa shape index (κ1) is 15.9. The number of carbonyl (C=O) groups excluding carboxylic acids is 3. The third kappa shape index (κ3) is 2.48. The van der Waals surface area contributed by atoms with Gasteiger partial charge in [-0.3, -0.25) is 9.59 Å². The Morgan fingerprint density at radius 3 is 1.92 bits per heavy atom. The van der Waals surface area contributed by atoms with Gasteiger partial charge < -0.3 is 4.84 Å². The van der Waals surface area contributed by atoms with Crippen molar-refractivity contribution in [2.45, 2.75) is 26.2 Å². The molecule has 0 saturated carbocycles. The minimum absolute atomic E-state index is 0.239. The van der Waals surface area contributed by atoms with Crippen LogP contribution in [0, 0.1) is 6.92 Å². The number of hydroxylamine groups is 2. The average Bonchev–Trinajstić information content (AvgIpc) is 2.80. The van der Waals surface area contributed by atoms with Gasteiger partial charge in [-0.1, -0.05) is 47.0 Å². The van der Waals surface area contributed by atoms with E-state index in [1.807, 2.05) is 31.2 Å². The van der Waals surface area contributed by atoms with Crippen molar-refractivity contribution in [1.29, 1.82) is 0 Å². The van der Waals surface area contributed by atoms with E-state index in [-0.39, 0.29) is 11.1 Å². The van der Waals surface area contributed by atoms with Crippen LogP contribution in [0.3, 0.4) is 0 Å². The zero-order valence-electron chi connectivity index (χ0n) is 13.7. The van der Waals surface area contributed by atoms with Crippen LogP contribution in [0.4, 0.5) is 0 Å². The summed E-state index contributed by atoms with van der Waals surface area (Å²) >= 11 is 0. The maximum Gasteiger partial charge on any atom is 0.343 e. The van der Waals surface area contributed by atoms with Crippen LogP contribution < -0.4 is 0 Å². The van der Waals surface area contributed by atoms with Crippen LogP contribution in [0.5, 0.6) is 0 Å². The summed E-state index contributed by atoms with van der Waals surface area (Å²) < 4.78 is 0. The van der Waals surface area contributed by atoms with Crippen LogP contribution in [0.25, 0.3) is 0 Å². The Kier molecular flexibility index (Phi) is 3.72. The molecule has 2 aromatic carbocycles. The summed E-state index contributed by atoms with van der Waals surface area (Å²) in [5, 5.41) is 0.545. The zero-order valence-corrected chi connectivity index (χ0v) is 13.7. The van der Waals surface area contributed by atoms with Crippen LogP contribution in [0.15, 0.2) is 48.5 Å². The number of hydrogen-bond donors (Lipinski definition) is 0. The minimum Gasteiger partial charge on any atom is -0.329 e. The lowest BCUT2D eigenvalue weighted by Gasteiger charge is -2.25. The first-order valence-corrected chi connectivity index (χ1v) is 7.60. The SMILES string of the molecule is Cc1ccc(C(C)(C)C(=O)ON2C(=O)c3ccccc3C2=O)cc1. The molecule has 0 aliphatic carbocycles. The molecule has 0 unspecified atom stereocenters. The van der Waals surface area contributed by atoms with Crippen molar-refractivity contribution in [3.63, 3.8) is 0 Å². The monoisotopic (exact) mass is 323 g/mol. The number of imide groups is 1. The third-order valence-electron chi connectivity index (χ3n) is 4.21. The van der Waals surface area contributed by atoms with Gasteiger partial charge >= 0.3 is 5.97 Å². The van der Waals surface area contributed by atoms with E-state index in [9.17, 15) is 14.4 Å². The summed E-state index contributed by atoms with van der Waals surface area (Å²) in [5.41, 5.74) is 1.30. The number of benzene rings is 2. The van der Waals surface area contributed by atoms with Crippen LogP contribution in [-0.2, 0) is 15.0 Å². The first-order valence-electron chi connectivity index (χ1n) is 7.60. The molecule has 3 rings (SSSR count). The highest BCUT2D eigenvalue weighted by atomic mass is 16.7. The first-order chi connectivity index (χ1) is 11.3. The lowest BCUT2D eigenvalue weighted by Crippen LogP contribution is -2.40. The quantitative estimate of drug-likeness (QED) is 0.815. The number of hydrogen-bond acceptors (Lipinski definition) is 4. The second-order valence-electron chi connectivity index (χ2n) is 6.32. The summed E-state index contributed by atoms with van der Waals surface area (Å²) in [5.74, 6) is -1.91. The number of fused-ring (bicyclic) bond motifs is 1. The molecular formula is C19H17NO4. The number of nitrogens with zero attached hydrogens (tertiary/aromatic N) is 1. The van der Waals surface area contributed by atoms with E-state index >= 15 is 0 Å². The molecule has 1 aliphatic heterocycles. The maximum absolute atomic E-state index is 12.6. The van der Waals surface area contributed by atoms with Crippen molar-refractivity contribution in [2.24, 2.45) is 0 Å². The number of amides is 2. The number of aryl methyl sites for hydroxylation is 1. The summed E-state index contributed by atoms with van der Waals surface area (Å²) in [7, 11) is 0. The fourth-order valence-electron chi connectivity index (χ4n) is 2.54. The highest BCUT2D eigenvalue weighted by molar-refractivity contribution is 6.21.